The summed E-state index contributed by atoms with van der Waals surface area (Å²) in [7, 11) is 0. The molecule has 0 radical (unpaired) electrons. The topological polar surface area (TPSA) is 46.3 Å². The minimum absolute atomic E-state index is 0.306. The average Bonchev–Trinajstić information content (AvgIpc) is 2.58. The van der Waals surface area contributed by atoms with Crippen LogP contribution in [-0.4, -0.2) is 29.9 Å². The molecule has 0 aliphatic heterocycles. The molecule has 0 saturated heterocycles. The number of rotatable bonds is 5. The molecule has 16 heavy (non-hydrogen) atoms. The highest BCUT2D eigenvalue weighted by atomic mass is 16.2. The maximum Gasteiger partial charge on any atom is 0.222 e. The summed E-state index contributed by atoms with van der Waals surface area (Å²) >= 11 is 0. The van der Waals surface area contributed by atoms with Crippen LogP contribution in [0.5, 0.6) is 0 Å². The molecular weight excluding hydrogens is 200 g/mol. The van der Waals surface area contributed by atoms with E-state index in [2.05, 4.69) is 4.90 Å². The van der Waals surface area contributed by atoms with Gasteiger partial charge in [-0.3, -0.25) is 4.79 Å². The standard InChI is InChI=1S/C13H26N2O/c1-2-13(16)15(11-7-10-14)12-8-5-3-4-6-9-12/h12H,2-11,14H2,1H3. The Morgan fingerprint density at radius 2 is 1.88 bits per heavy atom. The number of hydrogen-bond acceptors (Lipinski definition) is 2. The van der Waals surface area contributed by atoms with Crippen LogP contribution in [0.25, 0.3) is 0 Å². The minimum atomic E-state index is 0.306. The van der Waals surface area contributed by atoms with E-state index in [9.17, 15) is 4.79 Å². The molecule has 0 heterocycles. The zero-order valence-electron chi connectivity index (χ0n) is 10.6. The lowest BCUT2D eigenvalue weighted by atomic mass is 10.1. The molecule has 0 aromatic rings. The quantitative estimate of drug-likeness (QED) is 0.731. The fourth-order valence-electron chi connectivity index (χ4n) is 2.55. The van der Waals surface area contributed by atoms with Crippen molar-refractivity contribution in [1.29, 1.82) is 0 Å². The third kappa shape index (κ3) is 4.12. The van der Waals surface area contributed by atoms with Crippen LogP contribution in [0.3, 0.4) is 0 Å². The molecule has 0 aromatic carbocycles. The number of amides is 1. The first-order chi connectivity index (χ1) is 7.79. The van der Waals surface area contributed by atoms with E-state index < -0.39 is 0 Å². The Labute approximate surface area is 99.4 Å². The molecule has 0 aromatic heterocycles. The summed E-state index contributed by atoms with van der Waals surface area (Å²) in [5.41, 5.74) is 5.54. The van der Waals surface area contributed by atoms with E-state index in [-0.39, 0.29) is 0 Å². The molecule has 0 unspecified atom stereocenters. The molecule has 1 rings (SSSR count). The summed E-state index contributed by atoms with van der Waals surface area (Å²) in [6, 6.07) is 0.487. The molecule has 3 heteroatoms. The summed E-state index contributed by atoms with van der Waals surface area (Å²) in [6.07, 6.45) is 9.17. The van der Waals surface area contributed by atoms with Gasteiger partial charge in [0, 0.05) is 19.0 Å². The summed E-state index contributed by atoms with van der Waals surface area (Å²) in [5, 5.41) is 0. The summed E-state index contributed by atoms with van der Waals surface area (Å²) < 4.78 is 0. The van der Waals surface area contributed by atoms with Crippen molar-refractivity contribution in [3.8, 4) is 0 Å². The molecule has 3 nitrogen and oxygen atoms in total. The van der Waals surface area contributed by atoms with Crippen LogP contribution in [0, 0.1) is 0 Å². The van der Waals surface area contributed by atoms with Crippen molar-refractivity contribution in [3.05, 3.63) is 0 Å². The van der Waals surface area contributed by atoms with Gasteiger partial charge in [-0.1, -0.05) is 32.6 Å². The third-order valence-electron chi connectivity index (χ3n) is 3.49. The molecule has 1 aliphatic rings. The molecule has 1 saturated carbocycles. The Morgan fingerprint density at radius 1 is 1.25 bits per heavy atom. The van der Waals surface area contributed by atoms with Gasteiger partial charge >= 0.3 is 0 Å². The highest BCUT2D eigenvalue weighted by molar-refractivity contribution is 5.76. The lowest BCUT2D eigenvalue weighted by Crippen LogP contribution is -2.41. The third-order valence-corrected chi connectivity index (χ3v) is 3.49. The van der Waals surface area contributed by atoms with Crippen molar-refractivity contribution >= 4 is 5.91 Å². The SMILES string of the molecule is CCC(=O)N(CCCN)C1CCCCCC1. The van der Waals surface area contributed by atoms with Crippen molar-refractivity contribution in [1.82, 2.24) is 4.90 Å². The Bertz CT molecular complexity index is 198. The smallest absolute Gasteiger partial charge is 0.222 e. The predicted octanol–water partition coefficient (Wildman–Crippen LogP) is 2.30. The molecule has 2 N–H and O–H groups in total. The molecular formula is C13H26N2O. The van der Waals surface area contributed by atoms with Gasteiger partial charge in [-0.25, -0.2) is 0 Å². The maximum absolute atomic E-state index is 11.9. The van der Waals surface area contributed by atoms with Crippen molar-refractivity contribution in [2.45, 2.75) is 64.3 Å². The van der Waals surface area contributed by atoms with Gasteiger partial charge in [-0.15, -0.1) is 0 Å². The summed E-state index contributed by atoms with van der Waals surface area (Å²) in [4.78, 5) is 14.0. The van der Waals surface area contributed by atoms with E-state index in [4.69, 9.17) is 5.73 Å². The Morgan fingerprint density at radius 3 is 2.38 bits per heavy atom. The number of carbonyl (C=O) groups is 1. The first-order valence-corrected chi connectivity index (χ1v) is 6.79. The van der Waals surface area contributed by atoms with Gasteiger partial charge in [0.15, 0.2) is 0 Å². The first-order valence-electron chi connectivity index (χ1n) is 6.79. The van der Waals surface area contributed by atoms with Gasteiger partial charge in [0.1, 0.15) is 0 Å². The Hall–Kier alpha value is -0.570. The van der Waals surface area contributed by atoms with Crippen molar-refractivity contribution < 1.29 is 4.79 Å². The van der Waals surface area contributed by atoms with E-state index in [0.717, 1.165) is 13.0 Å². The maximum atomic E-state index is 11.9. The van der Waals surface area contributed by atoms with Gasteiger partial charge in [-0.05, 0) is 25.8 Å². The lowest BCUT2D eigenvalue weighted by Gasteiger charge is -2.31. The molecule has 94 valence electrons. The van der Waals surface area contributed by atoms with Crippen molar-refractivity contribution in [3.63, 3.8) is 0 Å². The van der Waals surface area contributed by atoms with E-state index >= 15 is 0 Å². The molecule has 0 atom stereocenters. The molecule has 1 aliphatic carbocycles. The second-order valence-electron chi connectivity index (χ2n) is 4.73. The largest absolute Gasteiger partial charge is 0.340 e. The molecule has 1 fully saturated rings. The zero-order chi connectivity index (χ0) is 11.8. The zero-order valence-corrected chi connectivity index (χ0v) is 10.6. The number of nitrogens with zero attached hydrogens (tertiary/aromatic N) is 1. The number of hydrogen-bond donors (Lipinski definition) is 1. The van der Waals surface area contributed by atoms with Crippen LogP contribution in [0.15, 0.2) is 0 Å². The highest BCUT2D eigenvalue weighted by Gasteiger charge is 2.22. The highest BCUT2D eigenvalue weighted by Crippen LogP contribution is 2.22. The van der Waals surface area contributed by atoms with Gasteiger partial charge < -0.3 is 10.6 Å². The first kappa shape index (κ1) is 13.5. The monoisotopic (exact) mass is 226 g/mol. The Kier molecular flexibility index (Phi) is 6.46. The minimum Gasteiger partial charge on any atom is -0.340 e. The van der Waals surface area contributed by atoms with Crippen LogP contribution < -0.4 is 5.73 Å². The van der Waals surface area contributed by atoms with Crippen LogP contribution in [0.1, 0.15) is 58.3 Å². The average molecular weight is 226 g/mol. The lowest BCUT2D eigenvalue weighted by molar-refractivity contribution is -0.133. The Balaban J connectivity index is 2.54. The van der Waals surface area contributed by atoms with Gasteiger partial charge in [0.25, 0.3) is 0 Å². The van der Waals surface area contributed by atoms with E-state index in [1.54, 1.807) is 0 Å². The van der Waals surface area contributed by atoms with Gasteiger partial charge in [-0.2, -0.15) is 0 Å². The van der Waals surface area contributed by atoms with Crippen LogP contribution in [0.2, 0.25) is 0 Å². The molecule has 1 amide bonds. The van der Waals surface area contributed by atoms with E-state index in [0.29, 0.717) is 24.9 Å². The van der Waals surface area contributed by atoms with Crippen LogP contribution in [0.4, 0.5) is 0 Å². The van der Waals surface area contributed by atoms with E-state index in [1.165, 1.54) is 38.5 Å². The van der Waals surface area contributed by atoms with Crippen molar-refractivity contribution in [2.24, 2.45) is 5.73 Å². The second kappa shape index (κ2) is 7.66. The molecule has 0 bridgehead atoms. The van der Waals surface area contributed by atoms with E-state index in [1.807, 2.05) is 6.92 Å². The molecule has 0 spiro atoms. The van der Waals surface area contributed by atoms with Crippen LogP contribution in [-0.2, 0) is 4.79 Å². The predicted molar refractivity (Wildman–Crippen MR) is 67.2 cm³/mol. The fraction of sp³-hybridized carbons (Fsp3) is 0.923. The fourth-order valence-corrected chi connectivity index (χ4v) is 2.55. The number of carbonyl (C=O) groups excluding carboxylic acids is 1. The van der Waals surface area contributed by atoms with Crippen molar-refractivity contribution in [2.75, 3.05) is 13.1 Å². The number of nitrogens with two attached hydrogens (primary N) is 1. The summed E-state index contributed by atoms with van der Waals surface area (Å²) in [5.74, 6) is 0.306. The van der Waals surface area contributed by atoms with Crippen LogP contribution >= 0.6 is 0 Å². The van der Waals surface area contributed by atoms with Gasteiger partial charge in [0.05, 0.1) is 0 Å². The summed E-state index contributed by atoms with van der Waals surface area (Å²) in [6.45, 7) is 3.49. The van der Waals surface area contributed by atoms with Gasteiger partial charge in [0.2, 0.25) is 5.91 Å². The second-order valence-corrected chi connectivity index (χ2v) is 4.73. The normalized spacial score (nSPS) is 18.1.